The number of carbonyl (C=O) groups is 1. The number of ether oxygens (including phenoxy) is 1. The van der Waals surface area contributed by atoms with Gasteiger partial charge in [0.05, 0.1) is 6.61 Å². The van der Waals surface area contributed by atoms with Crippen molar-refractivity contribution in [3.8, 4) is 0 Å². The largest absolute Gasteiger partial charge is 0.380 e. The zero-order chi connectivity index (χ0) is 15.9. The lowest BCUT2D eigenvalue weighted by Gasteiger charge is -2.12. The van der Waals surface area contributed by atoms with Crippen LogP contribution in [0.2, 0.25) is 0 Å². The lowest BCUT2D eigenvalue weighted by molar-refractivity contribution is 0.0951. The molecule has 0 bridgehead atoms. The molecule has 116 valence electrons. The van der Waals surface area contributed by atoms with E-state index in [0.717, 1.165) is 16.8 Å². The Hall–Kier alpha value is -2.33. The van der Waals surface area contributed by atoms with E-state index in [1.807, 2.05) is 67.5 Å². The average molecular weight is 298 g/mol. The van der Waals surface area contributed by atoms with Crippen LogP contribution in [0.3, 0.4) is 0 Å². The Morgan fingerprint density at radius 2 is 1.77 bits per heavy atom. The summed E-state index contributed by atoms with van der Waals surface area (Å²) >= 11 is 0. The molecular formula is C18H22N2O2. The molecule has 0 atom stereocenters. The molecule has 0 saturated heterocycles. The van der Waals surface area contributed by atoms with Crippen molar-refractivity contribution in [1.82, 2.24) is 5.32 Å². The number of hydrogen-bond acceptors (Lipinski definition) is 3. The van der Waals surface area contributed by atoms with Gasteiger partial charge in [0.1, 0.15) is 0 Å². The first-order valence-corrected chi connectivity index (χ1v) is 7.22. The summed E-state index contributed by atoms with van der Waals surface area (Å²) in [4.78, 5) is 14.2. The first kappa shape index (κ1) is 16.0. The van der Waals surface area contributed by atoms with E-state index in [1.165, 1.54) is 0 Å². The van der Waals surface area contributed by atoms with Crippen molar-refractivity contribution < 1.29 is 9.53 Å². The van der Waals surface area contributed by atoms with Crippen LogP contribution >= 0.6 is 0 Å². The normalized spacial score (nSPS) is 10.3. The summed E-state index contributed by atoms with van der Waals surface area (Å²) in [6.07, 6.45) is 0. The van der Waals surface area contributed by atoms with Gasteiger partial charge < -0.3 is 15.0 Å². The van der Waals surface area contributed by atoms with Crippen molar-refractivity contribution in [3.05, 3.63) is 65.2 Å². The maximum Gasteiger partial charge on any atom is 0.251 e. The fraction of sp³-hybridized carbons (Fsp3) is 0.278. The van der Waals surface area contributed by atoms with Crippen molar-refractivity contribution in [2.24, 2.45) is 0 Å². The molecule has 4 heteroatoms. The second-order valence-electron chi connectivity index (χ2n) is 5.38. The molecule has 0 spiro atoms. The zero-order valence-corrected chi connectivity index (χ0v) is 13.3. The first-order chi connectivity index (χ1) is 10.6. The van der Waals surface area contributed by atoms with Crippen LogP contribution in [-0.2, 0) is 17.9 Å². The van der Waals surface area contributed by atoms with Crippen LogP contribution in [0.15, 0.2) is 48.5 Å². The lowest BCUT2D eigenvalue weighted by Crippen LogP contribution is -2.22. The summed E-state index contributed by atoms with van der Waals surface area (Å²) in [6, 6.07) is 15.6. The number of methoxy groups -OCH3 is 1. The van der Waals surface area contributed by atoms with E-state index in [-0.39, 0.29) is 5.91 Å². The molecular weight excluding hydrogens is 276 g/mol. The molecule has 0 fully saturated rings. The highest BCUT2D eigenvalue weighted by Gasteiger charge is 2.06. The third kappa shape index (κ3) is 4.33. The van der Waals surface area contributed by atoms with Crippen LogP contribution < -0.4 is 10.2 Å². The van der Waals surface area contributed by atoms with Crippen LogP contribution in [-0.4, -0.2) is 27.1 Å². The summed E-state index contributed by atoms with van der Waals surface area (Å²) in [5.74, 6) is -0.0672. The molecule has 22 heavy (non-hydrogen) atoms. The van der Waals surface area contributed by atoms with E-state index >= 15 is 0 Å². The van der Waals surface area contributed by atoms with Gasteiger partial charge in [-0.05, 0) is 35.4 Å². The van der Waals surface area contributed by atoms with E-state index in [0.29, 0.717) is 18.7 Å². The number of carbonyl (C=O) groups excluding carboxylic acids is 1. The summed E-state index contributed by atoms with van der Waals surface area (Å²) in [5.41, 5.74) is 3.90. The number of anilines is 1. The van der Waals surface area contributed by atoms with Gasteiger partial charge in [0, 0.05) is 39.0 Å². The van der Waals surface area contributed by atoms with E-state index in [4.69, 9.17) is 4.74 Å². The lowest BCUT2D eigenvalue weighted by atomic mass is 10.1. The third-order valence-corrected chi connectivity index (χ3v) is 3.40. The van der Waals surface area contributed by atoms with Gasteiger partial charge in [-0.2, -0.15) is 0 Å². The Balaban J connectivity index is 1.96. The predicted octanol–water partition coefficient (Wildman–Crippen LogP) is 2.83. The number of amides is 1. The molecule has 0 aliphatic carbocycles. The van der Waals surface area contributed by atoms with Crippen LogP contribution in [0.1, 0.15) is 21.5 Å². The smallest absolute Gasteiger partial charge is 0.251 e. The molecule has 0 heterocycles. The Bertz CT molecular complexity index is 621. The van der Waals surface area contributed by atoms with E-state index < -0.39 is 0 Å². The molecule has 0 aromatic heterocycles. The summed E-state index contributed by atoms with van der Waals surface area (Å²) in [7, 11) is 5.62. The quantitative estimate of drug-likeness (QED) is 0.891. The molecule has 0 aliphatic heterocycles. The highest BCUT2D eigenvalue weighted by molar-refractivity contribution is 5.94. The fourth-order valence-corrected chi connectivity index (χ4v) is 2.19. The van der Waals surface area contributed by atoms with Gasteiger partial charge in [0.25, 0.3) is 5.91 Å². The van der Waals surface area contributed by atoms with E-state index in [2.05, 4.69) is 5.32 Å². The number of nitrogens with one attached hydrogen (secondary N) is 1. The Morgan fingerprint density at radius 3 is 2.41 bits per heavy atom. The highest BCUT2D eigenvalue weighted by Crippen LogP contribution is 2.12. The molecule has 0 aliphatic rings. The maximum atomic E-state index is 12.2. The molecule has 0 saturated carbocycles. The second-order valence-corrected chi connectivity index (χ2v) is 5.38. The van der Waals surface area contributed by atoms with Gasteiger partial charge in [-0.15, -0.1) is 0 Å². The highest BCUT2D eigenvalue weighted by atomic mass is 16.5. The molecule has 2 aromatic rings. The standard InChI is InChI=1S/C18H22N2O2/c1-20(2)17-9-7-16(8-10-17)18(21)19-12-14-5-4-6-15(11-14)13-22-3/h4-11H,12-13H2,1-3H3,(H,19,21). The molecule has 4 nitrogen and oxygen atoms in total. The summed E-state index contributed by atoms with van der Waals surface area (Å²) in [6.45, 7) is 1.08. The van der Waals surface area contributed by atoms with Crippen LogP contribution in [0.5, 0.6) is 0 Å². The SMILES string of the molecule is COCc1cccc(CNC(=O)c2ccc(N(C)C)cc2)c1. The Morgan fingerprint density at radius 1 is 1.09 bits per heavy atom. The van der Waals surface area contributed by atoms with E-state index in [9.17, 15) is 4.79 Å². The van der Waals surface area contributed by atoms with E-state index in [1.54, 1.807) is 7.11 Å². The second kappa shape index (κ2) is 7.61. The molecule has 0 unspecified atom stereocenters. The number of nitrogens with zero attached hydrogens (tertiary/aromatic N) is 1. The van der Waals surface area contributed by atoms with Crippen molar-refractivity contribution >= 4 is 11.6 Å². The van der Waals surface area contributed by atoms with Crippen molar-refractivity contribution in [2.45, 2.75) is 13.2 Å². The Kier molecular flexibility index (Phi) is 5.55. The molecule has 2 aromatic carbocycles. The minimum atomic E-state index is -0.0672. The van der Waals surface area contributed by atoms with Crippen molar-refractivity contribution in [3.63, 3.8) is 0 Å². The minimum absolute atomic E-state index is 0.0672. The monoisotopic (exact) mass is 298 g/mol. The van der Waals surface area contributed by atoms with Gasteiger partial charge in [0.2, 0.25) is 0 Å². The van der Waals surface area contributed by atoms with Crippen molar-refractivity contribution in [1.29, 1.82) is 0 Å². The Labute approximate surface area is 131 Å². The molecule has 2 rings (SSSR count). The van der Waals surface area contributed by atoms with Gasteiger partial charge >= 0.3 is 0 Å². The minimum Gasteiger partial charge on any atom is -0.380 e. The summed E-state index contributed by atoms with van der Waals surface area (Å²) in [5, 5.41) is 2.94. The van der Waals surface area contributed by atoms with Crippen LogP contribution in [0, 0.1) is 0 Å². The zero-order valence-electron chi connectivity index (χ0n) is 13.3. The summed E-state index contributed by atoms with van der Waals surface area (Å²) < 4.78 is 5.12. The van der Waals surface area contributed by atoms with Crippen LogP contribution in [0.4, 0.5) is 5.69 Å². The maximum absolute atomic E-state index is 12.2. The number of rotatable bonds is 6. The molecule has 0 radical (unpaired) electrons. The van der Waals surface area contributed by atoms with Crippen molar-refractivity contribution in [2.75, 3.05) is 26.1 Å². The number of benzene rings is 2. The third-order valence-electron chi connectivity index (χ3n) is 3.40. The number of hydrogen-bond donors (Lipinski definition) is 1. The first-order valence-electron chi connectivity index (χ1n) is 7.22. The predicted molar refractivity (Wildman–Crippen MR) is 89.1 cm³/mol. The van der Waals surface area contributed by atoms with Crippen LogP contribution in [0.25, 0.3) is 0 Å². The molecule has 1 N–H and O–H groups in total. The van der Waals surface area contributed by atoms with Gasteiger partial charge in [-0.3, -0.25) is 4.79 Å². The fourth-order valence-electron chi connectivity index (χ4n) is 2.19. The average Bonchev–Trinajstić information content (AvgIpc) is 2.53. The van der Waals surface area contributed by atoms with Gasteiger partial charge in [-0.1, -0.05) is 24.3 Å². The topological polar surface area (TPSA) is 41.6 Å². The molecule has 1 amide bonds. The van der Waals surface area contributed by atoms with Gasteiger partial charge in [0.15, 0.2) is 0 Å². The van der Waals surface area contributed by atoms with Gasteiger partial charge in [-0.25, -0.2) is 0 Å².